The highest BCUT2D eigenvalue weighted by Crippen LogP contribution is 2.28. The number of halogens is 1. The molecule has 5 heteroatoms. The van der Waals surface area contributed by atoms with Crippen molar-refractivity contribution in [3.8, 4) is 23.3 Å². The first-order valence-electron chi connectivity index (χ1n) is 6.20. The van der Waals surface area contributed by atoms with Crippen molar-refractivity contribution >= 4 is 0 Å². The van der Waals surface area contributed by atoms with Crippen LogP contribution in [0.4, 0.5) is 4.39 Å². The molecule has 0 saturated carbocycles. The van der Waals surface area contributed by atoms with Gasteiger partial charge in [-0.05, 0) is 18.2 Å². The number of rotatable bonds is 5. The average Bonchev–Trinajstić information content (AvgIpc) is 2.52. The van der Waals surface area contributed by atoms with E-state index in [2.05, 4.69) is 0 Å². The van der Waals surface area contributed by atoms with Crippen LogP contribution in [0.1, 0.15) is 11.1 Å². The lowest BCUT2D eigenvalue weighted by Crippen LogP contribution is -2.00. The lowest BCUT2D eigenvalue weighted by Gasteiger charge is -2.11. The molecule has 0 aliphatic carbocycles. The van der Waals surface area contributed by atoms with Crippen molar-refractivity contribution in [3.05, 3.63) is 53.3 Å². The molecule has 0 aliphatic heterocycles. The Balaban J connectivity index is 2.20. The number of methoxy groups -OCH3 is 2. The number of nitriles is 1. The second kappa shape index (κ2) is 6.62. The van der Waals surface area contributed by atoms with E-state index in [1.165, 1.54) is 18.2 Å². The van der Waals surface area contributed by atoms with Crippen molar-refractivity contribution in [2.75, 3.05) is 14.2 Å². The third kappa shape index (κ3) is 3.63. The third-order valence-electron chi connectivity index (χ3n) is 2.91. The van der Waals surface area contributed by atoms with Crippen LogP contribution in [0.15, 0.2) is 36.4 Å². The Morgan fingerprint density at radius 2 is 1.62 bits per heavy atom. The number of hydrogen-bond acceptors (Lipinski definition) is 4. The van der Waals surface area contributed by atoms with Crippen LogP contribution in [0.5, 0.6) is 17.2 Å². The Morgan fingerprint density at radius 3 is 2.19 bits per heavy atom. The summed E-state index contributed by atoms with van der Waals surface area (Å²) in [5.41, 5.74) is 0.866. The molecule has 0 unspecified atom stereocenters. The van der Waals surface area contributed by atoms with E-state index >= 15 is 0 Å². The van der Waals surface area contributed by atoms with Crippen molar-refractivity contribution < 1.29 is 18.6 Å². The van der Waals surface area contributed by atoms with E-state index in [0.717, 1.165) is 0 Å². The Bertz CT molecular complexity index is 657. The molecule has 2 rings (SSSR count). The smallest absolute Gasteiger partial charge is 0.127 e. The highest BCUT2D eigenvalue weighted by atomic mass is 19.1. The minimum atomic E-state index is -0.407. The lowest BCUT2D eigenvalue weighted by atomic mass is 10.1. The van der Waals surface area contributed by atoms with Crippen LogP contribution in [-0.2, 0) is 6.61 Å². The summed E-state index contributed by atoms with van der Waals surface area (Å²) >= 11 is 0. The van der Waals surface area contributed by atoms with Crippen LogP contribution in [0, 0.1) is 17.1 Å². The summed E-state index contributed by atoms with van der Waals surface area (Å²) < 4.78 is 29.1. The largest absolute Gasteiger partial charge is 0.496 e. The van der Waals surface area contributed by atoms with E-state index in [0.29, 0.717) is 28.4 Å². The maximum atomic E-state index is 13.2. The predicted molar refractivity (Wildman–Crippen MR) is 75.0 cm³/mol. The van der Waals surface area contributed by atoms with Gasteiger partial charge in [-0.15, -0.1) is 0 Å². The molecular weight excluding hydrogens is 273 g/mol. The van der Waals surface area contributed by atoms with Gasteiger partial charge in [0.2, 0.25) is 0 Å². The van der Waals surface area contributed by atoms with Crippen molar-refractivity contribution in [1.29, 1.82) is 5.26 Å². The van der Waals surface area contributed by atoms with Crippen LogP contribution in [0.3, 0.4) is 0 Å². The van der Waals surface area contributed by atoms with Gasteiger partial charge < -0.3 is 14.2 Å². The van der Waals surface area contributed by atoms with Crippen LogP contribution in [0.25, 0.3) is 0 Å². The van der Waals surface area contributed by atoms with Gasteiger partial charge in [0.05, 0.1) is 25.9 Å². The maximum Gasteiger partial charge on any atom is 0.127 e. The molecule has 0 radical (unpaired) electrons. The molecule has 0 N–H and O–H groups in total. The Hall–Kier alpha value is -2.74. The van der Waals surface area contributed by atoms with Gasteiger partial charge in [-0.2, -0.15) is 5.26 Å². The number of hydrogen-bond donors (Lipinski definition) is 0. The van der Waals surface area contributed by atoms with E-state index in [4.69, 9.17) is 19.5 Å². The highest BCUT2D eigenvalue weighted by Gasteiger charge is 2.07. The zero-order valence-corrected chi connectivity index (χ0v) is 11.7. The Labute approximate surface area is 122 Å². The quantitative estimate of drug-likeness (QED) is 0.846. The van der Waals surface area contributed by atoms with Gasteiger partial charge in [0.25, 0.3) is 0 Å². The zero-order valence-electron chi connectivity index (χ0n) is 11.7. The van der Waals surface area contributed by atoms with Crippen molar-refractivity contribution in [2.24, 2.45) is 0 Å². The van der Waals surface area contributed by atoms with Crippen LogP contribution in [-0.4, -0.2) is 14.2 Å². The fraction of sp³-hybridized carbons (Fsp3) is 0.188. The van der Waals surface area contributed by atoms with Crippen molar-refractivity contribution in [2.45, 2.75) is 6.61 Å². The molecule has 0 heterocycles. The molecule has 0 spiro atoms. The van der Waals surface area contributed by atoms with E-state index in [9.17, 15) is 4.39 Å². The van der Waals surface area contributed by atoms with E-state index in [-0.39, 0.29) is 6.61 Å². The number of nitrogens with zero attached hydrogens (tertiary/aromatic N) is 1. The van der Waals surface area contributed by atoms with Gasteiger partial charge in [0.15, 0.2) is 0 Å². The molecule has 2 aromatic rings. The first-order chi connectivity index (χ1) is 10.2. The third-order valence-corrected chi connectivity index (χ3v) is 2.91. The van der Waals surface area contributed by atoms with Gasteiger partial charge in [-0.25, -0.2) is 4.39 Å². The maximum absolute atomic E-state index is 13.2. The Kier molecular flexibility index (Phi) is 4.62. The van der Waals surface area contributed by atoms with Crippen LogP contribution >= 0.6 is 0 Å². The summed E-state index contributed by atoms with van der Waals surface area (Å²) in [6, 6.07) is 11.1. The second-order valence-corrected chi connectivity index (χ2v) is 4.25. The summed E-state index contributed by atoms with van der Waals surface area (Å²) in [7, 11) is 3.08. The topological polar surface area (TPSA) is 51.5 Å². The first-order valence-corrected chi connectivity index (χ1v) is 6.20. The Morgan fingerprint density at radius 1 is 1.00 bits per heavy atom. The van der Waals surface area contributed by atoms with Gasteiger partial charge >= 0.3 is 0 Å². The molecule has 0 amide bonds. The molecule has 108 valence electrons. The number of benzene rings is 2. The molecule has 0 fully saturated rings. The van der Waals surface area contributed by atoms with Crippen LogP contribution in [0.2, 0.25) is 0 Å². The normalized spacial score (nSPS) is 9.81. The fourth-order valence-electron chi connectivity index (χ4n) is 1.82. The van der Waals surface area contributed by atoms with Gasteiger partial charge in [0.1, 0.15) is 29.7 Å². The van der Waals surface area contributed by atoms with Crippen LogP contribution < -0.4 is 14.2 Å². The van der Waals surface area contributed by atoms with Gasteiger partial charge in [-0.3, -0.25) is 0 Å². The summed E-state index contributed by atoms with van der Waals surface area (Å²) in [4.78, 5) is 0. The van der Waals surface area contributed by atoms with E-state index in [1.54, 1.807) is 32.4 Å². The molecule has 0 saturated heterocycles. The van der Waals surface area contributed by atoms with E-state index in [1.807, 2.05) is 6.07 Å². The van der Waals surface area contributed by atoms with Gasteiger partial charge in [-0.1, -0.05) is 0 Å². The molecule has 2 aromatic carbocycles. The molecule has 0 bridgehead atoms. The number of ether oxygens (including phenoxy) is 3. The second-order valence-electron chi connectivity index (χ2n) is 4.25. The minimum absolute atomic E-state index is 0.0803. The lowest BCUT2D eigenvalue weighted by molar-refractivity contribution is 0.299. The molecule has 4 nitrogen and oxygen atoms in total. The summed E-state index contributed by atoms with van der Waals surface area (Å²) in [5.74, 6) is 1.28. The van der Waals surface area contributed by atoms with Gasteiger partial charge in [0, 0.05) is 23.8 Å². The minimum Gasteiger partial charge on any atom is -0.496 e. The molecule has 0 aromatic heterocycles. The molecule has 0 atom stereocenters. The SMILES string of the molecule is COc1cc(OC)cc(OCc2cc(F)ccc2C#N)c1. The molecule has 21 heavy (non-hydrogen) atoms. The summed E-state index contributed by atoms with van der Waals surface area (Å²) in [6.45, 7) is 0.0803. The summed E-state index contributed by atoms with van der Waals surface area (Å²) in [6.07, 6.45) is 0. The van der Waals surface area contributed by atoms with Crippen molar-refractivity contribution in [1.82, 2.24) is 0 Å². The highest BCUT2D eigenvalue weighted by molar-refractivity contribution is 5.43. The molecular formula is C16H14FNO3. The first kappa shape index (κ1) is 14.7. The average molecular weight is 287 g/mol. The fourth-order valence-corrected chi connectivity index (χ4v) is 1.82. The monoisotopic (exact) mass is 287 g/mol. The zero-order chi connectivity index (χ0) is 15.2. The summed E-state index contributed by atoms with van der Waals surface area (Å²) in [5, 5.41) is 9.00. The predicted octanol–water partition coefficient (Wildman–Crippen LogP) is 3.29. The molecule has 0 aliphatic rings. The standard InChI is InChI=1S/C16H14FNO3/c1-19-14-6-15(20-2)8-16(7-14)21-10-12-5-13(17)4-3-11(12)9-18/h3-8H,10H2,1-2H3. The van der Waals surface area contributed by atoms with E-state index < -0.39 is 5.82 Å². The van der Waals surface area contributed by atoms with Crippen molar-refractivity contribution in [3.63, 3.8) is 0 Å².